The number of hydrogen-bond acceptors (Lipinski definition) is 4. The molecule has 122 valence electrons. The van der Waals surface area contributed by atoms with Crippen LogP contribution >= 0.6 is 0 Å². The van der Waals surface area contributed by atoms with E-state index in [0.717, 1.165) is 30.5 Å². The van der Waals surface area contributed by atoms with E-state index in [4.69, 9.17) is 0 Å². The number of piperidine rings is 1. The molecule has 8 heteroatoms. The lowest BCUT2D eigenvalue weighted by molar-refractivity contribution is -0.145. The molecule has 0 bridgehead atoms. The molecule has 23 heavy (non-hydrogen) atoms. The third-order valence-electron chi connectivity index (χ3n) is 4.11. The van der Waals surface area contributed by atoms with Crippen LogP contribution in [0.3, 0.4) is 0 Å². The molecule has 3 heterocycles. The van der Waals surface area contributed by atoms with Crippen molar-refractivity contribution in [2.24, 2.45) is 7.05 Å². The standard InChI is InChI=1S/C15H20N6O2/c1-10-7-13(20(2)19-10)18-14(22)15(23)21-6-4-3-5-12(21)11-8-16-17-9-11/h7-9,12H,3-6H2,1-2H3,(H,16,17)(H,18,22). The van der Waals surface area contributed by atoms with Crippen LogP contribution in [0.2, 0.25) is 0 Å². The molecule has 8 nitrogen and oxygen atoms in total. The lowest BCUT2D eigenvalue weighted by Gasteiger charge is -2.34. The maximum absolute atomic E-state index is 12.6. The zero-order valence-corrected chi connectivity index (χ0v) is 13.2. The number of H-pyrrole nitrogens is 1. The average Bonchev–Trinajstić information content (AvgIpc) is 3.17. The zero-order valence-electron chi connectivity index (χ0n) is 13.2. The highest BCUT2D eigenvalue weighted by Gasteiger charge is 2.32. The van der Waals surface area contributed by atoms with E-state index in [-0.39, 0.29) is 6.04 Å². The first kappa shape index (κ1) is 15.3. The lowest BCUT2D eigenvalue weighted by Crippen LogP contribution is -2.44. The molecule has 0 aromatic carbocycles. The van der Waals surface area contributed by atoms with Gasteiger partial charge < -0.3 is 10.2 Å². The molecule has 1 fully saturated rings. The highest BCUT2D eigenvalue weighted by atomic mass is 16.2. The van der Waals surface area contributed by atoms with Crippen molar-refractivity contribution in [3.8, 4) is 0 Å². The van der Waals surface area contributed by atoms with E-state index in [1.54, 1.807) is 35.1 Å². The van der Waals surface area contributed by atoms with E-state index in [1.807, 2.05) is 6.92 Å². The first-order chi connectivity index (χ1) is 11.1. The van der Waals surface area contributed by atoms with Crippen LogP contribution in [0, 0.1) is 6.92 Å². The summed E-state index contributed by atoms with van der Waals surface area (Å²) in [6, 6.07) is 1.63. The number of amides is 2. The number of nitrogens with one attached hydrogen (secondary N) is 2. The maximum atomic E-state index is 12.6. The Hall–Kier alpha value is -2.64. The molecule has 1 unspecified atom stereocenters. The van der Waals surface area contributed by atoms with Crippen molar-refractivity contribution in [1.82, 2.24) is 24.9 Å². The van der Waals surface area contributed by atoms with Crippen LogP contribution < -0.4 is 5.32 Å². The van der Waals surface area contributed by atoms with Gasteiger partial charge in [0.25, 0.3) is 0 Å². The summed E-state index contributed by atoms with van der Waals surface area (Å²) in [5.74, 6) is -0.643. The van der Waals surface area contributed by atoms with Gasteiger partial charge in [-0.1, -0.05) is 0 Å². The first-order valence-electron chi connectivity index (χ1n) is 7.67. The van der Waals surface area contributed by atoms with Crippen molar-refractivity contribution in [3.63, 3.8) is 0 Å². The Morgan fingerprint density at radius 3 is 2.87 bits per heavy atom. The van der Waals surface area contributed by atoms with E-state index >= 15 is 0 Å². The summed E-state index contributed by atoms with van der Waals surface area (Å²) in [5.41, 5.74) is 1.71. The molecule has 1 saturated heterocycles. The zero-order chi connectivity index (χ0) is 16.4. The number of nitrogens with zero attached hydrogens (tertiary/aromatic N) is 4. The van der Waals surface area contributed by atoms with Gasteiger partial charge in [0.05, 0.1) is 17.9 Å². The number of aryl methyl sites for hydroxylation is 2. The number of hydrogen-bond donors (Lipinski definition) is 2. The average molecular weight is 316 g/mol. The van der Waals surface area contributed by atoms with Crippen LogP contribution in [0.5, 0.6) is 0 Å². The Morgan fingerprint density at radius 2 is 2.22 bits per heavy atom. The first-order valence-corrected chi connectivity index (χ1v) is 7.67. The predicted octanol–water partition coefficient (Wildman–Crippen LogP) is 1.14. The Kier molecular flexibility index (Phi) is 4.14. The van der Waals surface area contributed by atoms with E-state index in [0.29, 0.717) is 12.4 Å². The molecule has 0 radical (unpaired) electrons. The minimum Gasteiger partial charge on any atom is -0.327 e. The minimum absolute atomic E-state index is 0.103. The Morgan fingerprint density at radius 1 is 1.39 bits per heavy atom. The Balaban J connectivity index is 1.75. The molecule has 2 aromatic heterocycles. The largest absolute Gasteiger partial charge is 0.327 e. The highest BCUT2D eigenvalue weighted by Crippen LogP contribution is 2.30. The molecular formula is C15H20N6O2. The van der Waals surface area contributed by atoms with Gasteiger partial charge in [0, 0.05) is 31.4 Å². The molecule has 2 amide bonds. The SMILES string of the molecule is Cc1cc(NC(=O)C(=O)N2CCCCC2c2cn[nH]c2)n(C)n1. The van der Waals surface area contributed by atoms with Gasteiger partial charge in [-0.3, -0.25) is 19.4 Å². The normalized spacial score (nSPS) is 18.0. The molecule has 3 rings (SSSR count). The Bertz CT molecular complexity index is 706. The molecule has 1 atom stereocenters. The van der Waals surface area contributed by atoms with E-state index in [9.17, 15) is 9.59 Å². The lowest BCUT2D eigenvalue weighted by atomic mass is 9.97. The van der Waals surface area contributed by atoms with Gasteiger partial charge in [0.1, 0.15) is 5.82 Å². The summed E-state index contributed by atoms with van der Waals surface area (Å²) in [6.07, 6.45) is 6.25. The van der Waals surface area contributed by atoms with Gasteiger partial charge in [0.15, 0.2) is 0 Å². The molecule has 2 aromatic rings. The van der Waals surface area contributed by atoms with E-state index < -0.39 is 11.8 Å². The molecular weight excluding hydrogens is 296 g/mol. The second-order valence-corrected chi connectivity index (χ2v) is 5.79. The number of carbonyl (C=O) groups excluding carboxylic acids is 2. The van der Waals surface area contributed by atoms with Crippen molar-refractivity contribution in [1.29, 1.82) is 0 Å². The van der Waals surface area contributed by atoms with Gasteiger partial charge in [0.2, 0.25) is 0 Å². The van der Waals surface area contributed by atoms with Gasteiger partial charge in [-0.05, 0) is 26.2 Å². The van der Waals surface area contributed by atoms with Gasteiger partial charge >= 0.3 is 11.8 Å². The van der Waals surface area contributed by atoms with Gasteiger partial charge in [-0.15, -0.1) is 0 Å². The summed E-state index contributed by atoms with van der Waals surface area (Å²) in [4.78, 5) is 26.5. The van der Waals surface area contributed by atoms with Crippen molar-refractivity contribution in [2.75, 3.05) is 11.9 Å². The Labute approximate surface area is 133 Å². The van der Waals surface area contributed by atoms with Crippen LogP contribution in [0.4, 0.5) is 5.82 Å². The number of likely N-dealkylation sites (tertiary alicyclic amines) is 1. The van der Waals surface area contributed by atoms with Crippen LogP contribution in [-0.2, 0) is 16.6 Å². The van der Waals surface area contributed by atoms with E-state index in [2.05, 4.69) is 20.6 Å². The fourth-order valence-electron chi connectivity index (χ4n) is 2.99. The number of aromatic amines is 1. The van der Waals surface area contributed by atoms with Gasteiger partial charge in [-0.25, -0.2) is 0 Å². The summed E-state index contributed by atoms with van der Waals surface area (Å²) < 4.78 is 1.55. The van der Waals surface area contributed by atoms with Crippen molar-refractivity contribution >= 4 is 17.6 Å². The minimum atomic E-state index is -0.636. The smallest absolute Gasteiger partial charge is 0.315 e. The molecule has 0 aliphatic carbocycles. The molecule has 1 aliphatic heterocycles. The fourth-order valence-corrected chi connectivity index (χ4v) is 2.99. The molecule has 0 spiro atoms. The van der Waals surface area contributed by atoms with Crippen LogP contribution in [0.15, 0.2) is 18.5 Å². The summed E-state index contributed by atoms with van der Waals surface area (Å²) >= 11 is 0. The van der Waals surface area contributed by atoms with Crippen LogP contribution in [0.1, 0.15) is 36.6 Å². The molecule has 0 saturated carbocycles. The number of rotatable bonds is 2. The second-order valence-electron chi connectivity index (χ2n) is 5.79. The van der Waals surface area contributed by atoms with Crippen molar-refractivity contribution < 1.29 is 9.59 Å². The second kappa shape index (κ2) is 6.23. The number of carbonyl (C=O) groups is 2. The summed E-state index contributed by atoms with van der Waals surface area (Å²) in [5, 5.41) is 13.5. The molecule has 1 aliphatic rings. The maximum Gasteiger partial charge on any atom is 0.315 e. The summed E-state index contributed by atoms with van der Waals surface area (Å²) in [7, 11) is 1.72. The highest BCUT2D eigenvalue weighted by molar-refractivity contribution is 6.39. The third-order valence-corrected chi connectivity index (χ3v) is 4.11. The van der Waals surface area contributed by atoms with E-state index in [1.165, 1.54) is 0 Å². The monoisotopic (exact) mass is 316 g/mol. The predicted molar refractivity (Wildman–Crippen MR) is 83.5 cm³/mol. The topological polar surface area (TPSA) is 95.9 Å². The van der Waals surface area contributed by atoms with Crippen LogP contribution in [-0.4, -0.2) is 43.2 Å². The van der Waals surface area contributed by atoms with Crippen molar-refractivity contribution in [2.45, 2.75) is 32.2 Å². The van der Waals surface area contributed by atoms with Gasteiger partial charge in [-0.2, -0.15) is 10.2 Å². The molecule has 2 N–H and O–H groups in total. The summed E-state index contributed by atoms with van der Waals surface area (Å²) in [6.45, 7) is 2.41. The fraction of sp³-hybridized carbons (Fsp3) is 0.467. The van der Waals surface area contributed by atoms with Crippen LogP contribution in [0.25, 0.3) is 0 Å². The van der Waals surface area contributed by atoms with Crippen molar-refractivity contribution in [3.05, 3.63) is 29.7 Å². The number of aromatic nitrogens is 4. The number of anilines is 1. The quantitative estimate of drug-likeness (QED) is 0.812. The third kappa shape index (κ3) is 3.10.